The number of primary amides is 1. The highest BCUT2D eigenvalue weighted by atomic mass is 16.3. The van der Waals surface area contributed by atoms with Crippen LogP contribution in [0.5, 0.6) is 0 Å². The first-order chi connectivity index (χ1) is 12.7. The molecular formula is C17H30N6O4. The zero-order valence-corrected chi connectivity index (χ0v) is 15.8. The maximum Gasteiger partial charge on any atom is 0.240 e. The molecule has 0 fully saturated rings. The van der Waals surface area contributed by atoms with E-state index in [1.807, 2.05) is 13.8 Å². The molecule has 0 aliphatic rings. The smallest absolute Gasteiger partial charge is 0.240 e. The fourth-order valence-electron chi connectivity index (χ4n) is 2.54. The molecule has 10 heteroatoms. The molecule has 10 nitrogen and oxygen atoms in total. The van der Waals surface area contributed by atoms with Gasteiger partial charge in [-0.1, -0.05) is 13.8 Å². The quantitative estimate of drug-likeness (QED) is 0.258. The third-order valence-electron chi connectivity index (χ3n) is 3.96. The summed E-state index contributed by atoms with van der Waals surface area (Å²) in [5.74, 6) is -1.15. The summed E-state index contributed by atoms with van der Waals surface area (Å²) in [5.41, 5.74) is 11.8. The summed E-state index contributed by atoms with van der Waals surface area (Å²) in [6, 6.07) is -1.35. The van der Waals surface area contributed by atoms with Crippen LogP contribution >= 0.6 is 0 Å². The van der Waals surface area contributed by atoms with Crippen molar-refractivity contribution in [3.63, 3.8) is 0 Å². The second-order valence-corrected chi connectivity index (χ2v) is 6.97. The highest BCUT2D eigenvalue weighted by Crippen LogP contribution is 2.08. The van der Waals surface area contributed by atoms with Gasteiger partial charge in [0.1, 0.15) is 6.04 Å². The molecule has 1 aromatic heterocycles. The highest BCUT2D eigenvalue weighted by molar-refractivity contribution is 5.87. The summed E-state index contributed by atoms with van der Waals surface area (Å²) >= 11 is 0. The largest absolute Gasteiger partial charge is 0.391 e. The molecule has 0 saturated heterocycles. The molecule has 3 atom stereocenters. The van der Waals surface area contributed by atoms with E-state index >= 15 is 0 Å². The van der Waals surface area contributed by atoms with Gasteiger partial charge in [-0.3, -0.25) is 14.4 Å². The Morgan fingerprint density at radius 1 is 1.30 bits per heavy atom. The van der Waals surface area contributed by atoms with Gasteiger partial charge in [-0.25, -0.2) is 4.98 Å². The molecule has 0 unspecified atom stereocenters. The molecule has 1 rings (SSSR count). The Balaban J connectivity index is 2.32. The van der Waals surface area contributed by atoms with Crippen molar-refractivity contribution in [1.29, 1.82) is 0 Å². The summed E-state index contributed by atoms with van der Waals surface area (Å²) < 4.78 is 0. The molecule has 3 amide bonds. The lowest BCUT2D eigenvalue weighted by Crippen LogP contribution is -2.46. The minimum absolute atomic E-state index is 0.0212. The van der Waals surface area contributed by atoms with Crippen molar-refractivity contribution in [3.8, 4) is 0 Å². The van der Waals surface area contributed by atoms with Crippen molar-refractivity contribution in [2.75, 3.05) is 6.54 Å². The Hall–Kier alpha value is -2.46. The number of amides is 3. The van der Waals surface area contributed by atoms with E-state index in [0.717, 1.165) is 0 Å². The molecule has 0 aromatic carbocycles. The maximum absolute atomic E-state index is 12.0. The van der Waals surface area contributed by atoms with Crippen LogP contribution < -0.4 is 22.1 Å². The molecular weight excluding hydrogens is 352 g/mol. The van der Waals surface area contributed by atoms with E-state index in [0.29, 0.717) is 18.0 Å². The number of hydrogen-bond acceptors (Lipinski definition) is 6. The van der Waals surface area contributed by atoms with Gasteiger partial charge in [-0.15, -0.1) is 0 Å². The Labute approximate surface area is 158 Å². The van der Waals surface area contributed by atoms with Gasteiger partial charge in [-0.05, 0) is 12.3 Å². The number of aliphatic hydroxyl groups is 1. The number of nitrogens with two attached hydrogens (primary N) is 2. The Bertz CT molecular complexity index is 605. The Morgan fingerprint density at radius 3 is 2.56 bits per heavy atom. The van der Waals surface area contributed by atoms with E-state index in [1.54, 1.807) is 0 Å². The van der Waals surface area contributed by atoms with E-state index in [-0.39, 0.29) is 25.8 Å². The topological polar surface area (TPSA) is 176 Å². The molecule has 152 valence electrons. The maximum atomic E-state index is 12.0. The molecule has 1 aromatic rings. The SMILES string of the molecule is CC(C)C[C@H](N)[C@@H](O)CC(=O)NCCC(=O)N[C@@H](Cc1cnc[nH]1)C(N)=O. The zero-order valence-electron chi connectivity index (χ0n) is 15.8. The molecule has 27 heavy (non-hydrogen) atoms. The number of carbonyl (C=O) groups is 3. The Kier molecular flexibility index (Phi) is 9.45. The van der Waals surface area contributed by atoms with Crippen molar-refractivity contribution >= 4 is 17.7 Å². The highest BCUT2D eigenvalue weighted by Gasteiger charge is 2.21. The first-order valence-electron chi connectivity index (χ1n) is 8.95. The Morgan fingerprint density at radius 2 is 2.00 bits per heavy atom. The van der Waals surface area contributed by atoms with Gasteiger partial charge in [0.05, 0.1) is 18.9 Å². The van der Waals surface area contributed by atoms with Crippen LogP contribution in [0, 0.1) is 5.92 Å². The average Bonchev–Trinajstić information content (AvgIpc) is 3.06. The summed E-state index contributed by atoms with van der Waals surface area (Å²) in [6.45, 7) is 4.04. The summed E-state index contributed by atoms with van der Waals surface area (Å²) in [7, 11) is 0. The minimum Gasteiger partial charge on any atom is -0.391 e. The molecule has 0 bridgehead atoms. The van der Waals surface area contributed by atoms with Crippen molar-refractivity contribution < 1.29 is 19.5 Å². The summed E-state index contributed by atoms with van der Waals surface area (Å²) in [6.07, 6.45) is 2.74. The predicted molar refractivity (Wildman–Crippen MR) is 99.1 cm³/mol. The van der Waals surface area contributed by atoms with Gasteiger partial charge in [0, 0.05) is 37.3 Å². The summed E-state index contributed by atoms with van der Waals surface area (Å²) in [4.78, 5) is 41.9. The second-order valence-electron chi connectivity index (χ2n) is 6.97. The zero-order chi connectivity index (χ0) is 20.4. The number of imidazole rings is 1. The van der Waals surface area contributed by atoms with Gasteiger partial charge >= 0.3 is 0 Å². The minimum atomic E-state index is -0.935. The van der Waals surface area contributed by atoms with Crippen LogP contribution in [0.2, 0.25) is 0 Å². The molecule has 0 radical (unpaired) electrons. The van der Waals surface area contributed by atoms with Crippen LogP contribution in [0.3, 0.4) is 0 Å². The van der Waals surface area contributed by atoms with Crippen LogP contribution in [0.15, 0.2) is 12.5 Å². The third-order valence-corrected chi connectivity index (χ3v) is 3.96. The van der Waals surface area contributed by atoms with Gasteiger partial charge < -0.3 is 32.2 Å². The molecule has 0 spiro atoms. The number of aliphatic hydroxyl groups excluding tert-OH is 1. The van der Waals surface area contributed by atoms with E-state index < -0.39 is 35.9 Å². The predicted octanol–water partition coefficient (Wildman–Crippen LogP) is -1.45. The first-order valence-corrected chi connectivity index (χ1v) is 8.95. The molecule has 0 aliphatic heterocycles. The second kappa shape index (κ2) is 11.3. The third kappa shape index (κ3) is 9.15. The van der Waals surface area contributed by atoms with Crippen LogP contribution in [-0.2, 0) is 20.8 Å². The van der Waals surface area contributed by atoms with Crippen molar-refractivity contribution in [2.45, 2.75) is 57.7 Å². The molecule has 0 aliphatic carbocycles. The molecule has 1 heterocycles. The van der Waals surface area contributed by atoms with Crippen LogP contribution in [0.4, 0.5) is 0 Å². The van der Waals surface area contributed by atoms with E-state index in [1.165, 1.54) is 12.5 Å². The number of aromatic nitrogens is 2. The lowest BCUT2D eigenvalue weighted by atomic mass is 9.98. The van der Waals surface area contributed by atoms with Crippen LogP contribution in [0.1, 0.15) is 38.8 Å². The van der Waals surface area contributed by atoms with Crippen molar-refractivity contribution in [2.24, 2.45) is 17.4 Å². The number of nitrogens with zero attached hydrogens (tertiary/aromatic N) is 1. The first kappa shape index (κ1) is 22.6. The van der Waals surface area contributed by atoms with Crippen LogP contribution in [0.25, 0.3) is 0 Å². The van der Waals surface area contributed by atoms with Gasteiger partial charge in [0.25, 0.3) is 0 Å². The van der Waals surface area contributed by atoms with Gasteiger partial charge in [-0.2, -0.15) is 0 Å². The number of aromatic amines is 1. The lowest BCUT2D eigenvalue weighted by molar-refractivity contribution is -0.127. The number of H-pyrrole nitrogens is 1. The lowest BCUT2D eigenvalue weighted by Gasteiger charge is -2.20. The van der Waals surface area contributed by atoms with Crippen LogP contribution in [-0.4, -0.2) is 57.5 Å². The fraction of sp³-hybridized carbons (Fsp3) is 0.647. The van der Waals surface area contributed by atoms with Crippen molar-refractivity contribution in [1.82, 2.24) is 20.6 Å². The fourth-order valence-corrected chi connectivity index (χ4v) is 2.54. The summed E-state index contributed by atoms with van der Waals surface area (Å²) in [5, 5.41) is 15.0. The van der Waals surface area contributed by atoms with Crippen molar-refractivity contribution in [3.05, 3.63) is 18.2 Å². The normalized spacial score (nSPS) is 14.4. The standard InChI is InChI=1S/C17H30N6O4/c1-10(2)5-12(18)14(24)7-16(26)21-4-3-15(25)23-13(17(19)27)6-11-8-20-9-22-11/h8-10,12-14,24H,3-7,18H2,1-2H3,(H2,19,27)(H,20,22)(H,21,26)(H,23,25)/t12-,13-,14-/m0/s1. The molecule has 8 N–H and O–H groups in total. The van der Waals surface area contributed by atoms with Gasteiger partial charge in [0.2, 0.25) is 17.7 Å². The number of carbonyl (C=O) groups excluding carboxylic acids is 3. The monoisotopic (exact) mass is 382 g/mol. The van der Waals surface area contributed by atoms with E-state index in [9.17, 15) is 19.5 Å². The van der Waals surface area contributed by atoms with E-state index in [2.05, 4.69) is 20.6 Å². The van der Waals surface area contributed by atoms with Gasteiger partial charge in [0.15, 0.2) is 0 Å². The number of rotatable bonds is 12. The number of hydrogen-bond donors (Lipinski definition) is 6. The average molecular weight is 382 g/mol. The molecule has 0 saturated carbocycles. The van der Waals surface area contributed by atoms with E-state index in [4.69, 9.17) is 11.5 Å². The number of nitrogens with one attached hydrogen (secondary N) is 3.